The highest BCUT2D eigenvalue weighted by Crippen LogP contribution is 2.17. The molecule has 1 aliphatic rings. The monoisotopic (exact) mass is 198 g/mol. The summed E-state index contributed by atoms with van der Waals surface area (Å²) in [5.41, 5.74) is 1.35. The van der Waals surface area contributed by atoms with Crippen LogP contribution in [0.15, 0.2) is 66.0 Å². The van der Waals surface area contributed by atoms with Gasteiger partial charge in [0.05, 0.1) is 0 Å². The van der Waals surface area contributed by atoms with E-state index in [-0.39, 0.29) is 0 Å². The summed E-state index contributed by atoms with van der Waals surface area (Å²) in [6, 6.07) is 9.84. The van der Waals surface area contributed by atoms with Crippen molar-refractivity contribution in [2.45, 2.75) is 13.3 Å². The largest absolute Gasteiger partial charge is 0.458 e. The standard InChI is InChI=1S/C14H14O/c1-12-6-5-9-14(11-10-12)15-13-7-3-2-4-8-13/h2-9,11H,10H2,1H3. The van der Waals surface area contributed by atoms with Gasteiger partial charge in [0.25, 0.3) is 0 Å². The Kier molecular flexibility index (Phi) is 3.03. The molecule has 15 heavy (non-hydrogen) atoms. The maximum absolute atomic E-state index is 5.72. The molecule has 0 spiro atoms. The topological polar surface area (TPSA) is 9.23 Å². The Bertz CT molecular complexity index is 410. The number of rotatable bonds is 2. The zero-order valence-corrected chi connectivity index (χ0v) is 8.81. The van der Waals surface area contributed by atoms with Gasteiger partial charge in [0.15, 0.2) is 0 Å². The molecular formula is C14H14O. The molecule has 0 unspecified atom stereocenters. The van der Waals surface area contributed by atoms with E-state index in [1.165, 1.54) is 5.57 Å². The van der Waals surface area contributed by atoms with Gasteiger partial charge in [-0.2, -0.15) is 0 Å². The van der Waals surface area contributed by atoms with Crippen LogP contribution in [0.3, 0.4) is 0 Å². The first-order valence-electron chi connectivity index (χ1n) is 5.11. The molecule has 0 saturated carbocycles. The Morgan fingerprint density at radius 2 is 1.93 bits per heavy atom. The van der Waals surface area contributed by atoms with Crippen LogP contribution in [0.4, 0.5) is 0 Å². The summed E-state index contributed by atoms with van der Waals surface area (Å²) in [5.74, 6) is 1.79. The number of benzene rings is 1. The van der Waals surface area contributed by atoms with Crippen LogP contribution in [-0.2, 0) is 0 Å². The summed E-state index contributed by atoms with van der Waals surface area (Å²) in [7, 11) is 0. The van der Waals surface area contributed by atoms with Gasteiger partial charge < -0.3 is 4.74 Å². The second-order valence-corrected chi connectivity index (χ2v) is 3.60. The first-order chi connectivity index (χ1) is 7.34. The summed E-state index contributed by atoms with van der Waals surface area (Å²) in [6.07, 6.45) is 9.18. The highest BCUT2D eigenvalue weighted by Gasteiger charge is 1.98. The Morgan fingerprint density at radius 3 is 2.73 bits per heavy atom. The molecule has 0 amide bonds. The predicted octanol–water partition coefficient (Wildman–Crippen LogP) is 3.86. The molecule has 2 rings (SSSR count). The third kappa shape index (κ3) is 2.84. The van der Waals surface area contributed by atoms with Crippen molar-refractivity contribution < 1.29 is 4.74 Å². The van der Waals surface area contributed by atoms with E-state index in [1.807, 2.05) is 42.5 Å². The Labute approximate surface area is 90.4 Å². The second kappa shape index (κ2) is 4.65. The first-order valence-corrected chi connectivity index (χ1v) is 5.11. The minimum absolute atomic E-state index is 0.882. The van der Waals surface area contributed by atoms with Crippen molar-refractivity contribution in [1.29, 1.82) is 0 Å². The van der Waals surface area contributed by atoms with E-state index < -0.39 is 0 Å². The van der Waals surface area contributed by atoms with Crippen molar-refractivity contribution in [2.75, 3.05) is 0 Å². The fraction of sp³-hybridized carbons (Fsp3) is 0.143. The van der Waals surface area contributed by atoms with Crippen LogP contribution < -0.4 is 4.74 Å². The minimum Gasteiger partial charge on any atom is -0.458 e. The normalized spacial score (nSPS) is 15.3. The van der Waals surface area contributed by atoms with Gasteiger partial charge in [-0.25, -0.2) is 0 Å². The quantitative estimate of drug-likeness (QED) is 0.701. The van der Waals surface area contributed by atoms with Crippen molar-refractivity contribution in [3.8, 4) is 5.75 Å². The lowest BCUT2D eigenvalue weighted by Gasteiger charge is -2.05. The highest BCUT2D eigenvalue weighted by molar-refractivity contribution is 5.30. The van der Waals surface area contributed by atoms with E-state index in [4.69, 9.17) is 4.74 Å². The highest BCUT2D eigenvalue weighted by atomic mass is 16.5. The molecule has 0 atom stereocenters. The van der Waals surface area contributed by atoms with E-state index >= 15 is 0 Å². The van der Waals surface area contributed by atoms with Gasteiger partial charge in [-0.3, -0.25) is 0 Å². The number of hydrogen-bond acceptors (Lipinski definition) is 1. The molecule has 0 heterocycles. The van der Waals surface area contributed by atoms with Crippen molar-refractivity contribution >= 4 is 0 Å². The lowest BCUT2D eigenvalue weighted by atomic mass is 10.2. The smallest absolute Gasteiger partial charge is 0.127 e. The summed E-state index contributed by atoms with van der Waals surface area (Å²) < 4.78 is 5.72. The van der Waals surface area contributed by atoms with Crippen LogP contribution in [-0.4, -0.2) is 0 Å². The zero-order chi connectivity index (χ0) is 10.5. The molecule has 1 aromatic rings. The third-order valence-electron chi connectivity index (χ3n) is 2.25. The van der Waals surface area contributed by atoms with Gasteiger partial charge in [0.1, 0.15) is 11.5 Å². The van der Waals surface area contributed by atoms with Gasteiger partial charge in [0, 0.05) is 0 Å². The molecule has 76 valence electrons. The Hall–Kier alpha value is -1.76. The van der Waals surface area contributed by atoms with E-state index in [0.717, 1.165) is 17.9 Å². The Balaban J connectivity index is 2.08. The number of para-hydroxylation sites is 1. The summed E-state index contributed by atoms with van der Waals surface area (Å²) in [5, 5.41) is 0. The first kappa shape index (κ1) is 9.78. The predicted molar refractivity (Wildman–Crippen MR) is 62.7 cm³/mol. The van der Waals surface area contributed by atoms with Gasteiger partial charge in [-0.05, 0) is 37.6 Å². The van der Waals surface area contributed by atoms with Gasteiger partial charge in [0.2, 0.25) is 0 Å². The van der Waals surface area contributed by atoms with Crippen LogP contribution in [0.5, 0.6) is 5.75 Å². The molecule has 0 saturated heterocycles. The van der Waals surface area contributed by atoms with Gasteiger partial charge >= 0.3 is 0 Å². The lowest BCUT2D eigenvalue weighted by Crippen LogP contribution is -1.91. The molecule has 1 nitrogen and oxygen atoms in total. The van der Waals surface area contributed by atoms with Crippen LogP contribution in [0.2, 0.25) is 0 Å². The van der Waals surface area contributed by atoms with Crippen LogP contribution in [0.25, 0.3) is 0 Å². The van der Waals surface area contributed by atoms with Crippen molar-refractivity contribution in [3.05, 3.63) is 66.0 Å². The molecule has 1 heteroatoms. The zero-order valence-electron chi connectivity index (χ0n) is 8.81. The average Bonchev–Trinajstić information content (AvgIpc) is 2.46. The molecule has 0 N–H and O–H groups in total. The maximum Gasteiger partial charge on any atom is 0.127 e. The molecule has 0 bridgehead atoms. The average molecular weight is 198 g/mol. The van der Waals surface area contributed by atoms with E-state index in [1.54, 1.807) is 0 Å². The molecule has 0 fully saturated rings. The SMILES string of the molecule is CC1=CC=CC(Oc2ccccc2)=CC1. The van der Waals surface area contributed by atoms with Crippen molar-refractivity contribution in [1.82, 2.24) is 0 Å². The fourth-order valence-electron chi connectivity index (χ4n) is 1.41. The van der Waals surface area contributed by atoms with Crippen LogP contribution >= 0.6 is 0 Å². The second-order valence-electron chi connectivity index (χ2n) is 3.60. The van der Waals surface area contributed by atoms with E-state index in [0.29, 0.717) is 0 Å². The van der Waals surface area contributed by atoms with Gasteiger partial charge in [-0.15, -0.1) is 0 Å². The van der Waals surface area contributed by atoms with Crippen LogP contribution in [0, 0.1) is 0 Å². The molecular weight excluding hydrogens is 184 g/mol. The molecule has 0 aromatic heterocycles. The number of hydrogen-bond donors (Lipinski definition) is 0. The van der Waals surface area contributed by atoms with Crippen molar-refractivity contribution in [2.24, 2.45) is 0 Å². The lowest BCUT2D eigenvalue weighted by molar-refractivity contribution is 0.442. The summed E-state index contributed by atoms with van der Waals surface area (Å²) in [6.45, 7) is 2.12. The van der Waals surface area contributed by atoms with E-state index in [2.05, 4.69) is 19.1 Å². The number of allylic oxidation sites excluding steroid dienone is 5. The summed E-state index contributed by atoms with van der Waals surface area (Å²) in [4.78, 5) is 0. The fourth-order valence-corrected chi connectivity index (χ4v) is 1.41. The van der Waals surface area contributed by atoms with Gasteiger partial charge in [-0.1, -0.05) is 35.9 Å². The van der Waals surface area contributed by atoms with E-state index in [9.17, 15) is 0 Å². The minimum atomic E-state index is 0.882. The van der Waals surface area contributed by atoms with Crippen molar-refractivity contribution in [3.63, 3.8) is 0 Å². The molecule has 0 radical (unpaired) electrons. The third-order valence-corrected chi connectivity index (χ3v) is 2.25. The maximum atomic E-state index is 5.72. The Morgan fingerprint density at radius 1 is 1.13 bits per heavy atom. The summed E-state index contributed by atoms with van der Waals surface area (Å²) >= 11 is 0. The molecule has 0 aliphatic heterocycles. The van der Waals surface area contributed by atoms with Crippen LogP contribution in [0.1, 0.15) is 13.3 Å². The number of ether oxygens (including phenoxy) is 1. The molecule has 1 aromatic carbocycles. The molecule has 1 aliphatic carbocycles.